The van der Waals surface area contributed by atoms with Gasteiger partial charge >= 0.3 is 0 Å². The molecule has 1 aliphatic carbocycles. The van der Waals surface area contributed by atoms with Gasteiger partial charge in [0, 0.05) is 0 Å². The lowest BCUT2D eigenvalue weighted by atomic mass is 9.84. The van der Waals surface area contributed by atoms with Crippen molar-refractivity contribution in [1.29, 1.82) is 0 Å². The summed E-state index contributed by atoms with van der Waals surface area (Å²) in [6.07, 6.45) is 4.45. The lowest BCUT2D eigenvalue weighted by Crippen LogP contribution is -2.22. The Morgan fingerprint density at radius 3 is 2.40 bits per heavy atom. The highest BCUT2D eigenvalue weighted by atomic mass is 31.1. The van der Waals surface area contributed by atoms with Crippen molar-refractivity contribution in [2.75, 3.05) is 6.66 Å². The van der Waals surface area contributed by atoms with Crippen LogP contribution >= 0.6 is 8.58 Å². The van der Waals surface area contributed by atoms with Crippen LogP contribution < -0.4 is 0 Å². The molecule has 4 unspecified atom stereocenters. The summed E-state index contributed by atoms with van der Waals surface area (Å²) in [4.78, 5) is 0. The fourth-order valence-corrected chi connectivity index (χ4v) is 3.31. The zero-order valence-electron chi connectivity index (χ0n) is 7.35. The van der Waals surface area contributed by atoms with Crippen LogP contribution in [0, 0.1) is 11.8 Å². The predicted molar refractivity (Wildman–Crippen MR) is 50.2 cm³/mol. The molecule has 0 heterocycles. The molecule has 0 amide bonds. The average Bonchev–Trinajstić information content (AvgIpc) is 1.94. The van der Waals surface area contributed by atoms with Crippen LogP contribution in [0.1, 0.15) is 33.1 Å². The van der Waals surface area contributed by atoms with Crippen molar-refractivity contribution >= 4 is 8.58 Å². The van der Waals surface area contributed by atoms with Gasteiger partial charge in [-0.2, -0.15) is 0 Å². The van der Waals surface area contributed by atoms with E-state index in [0.717, 1.165) is 17.5 Å². The molecule has 1 rings (SSSR count). The highest BCUT2D eigenvalue weighted by Gasteiger charge is 2.23. The molecule has 0 aromatic heterocycles. The van der Waals surface area contributed by atoms with E-state index in [4.69, 9.17) is 0 Å². The molecule has 0 N–H and O–H groups in total. The third-order valence-electron chi connectivity index (χ3n) is 2.83. The van der Waals surface area contributed by atoms with E-state index in [1.807, 2.05) is 0 Å². The van der Waals surface area contributed by atoms with Crippen molar-refractivity contribution in [3.63, 3.8) is 0 Å². The van der Waals surface area contributed by atoms with Crippen LogP contribution in [-0.2, 0) is 0 Å². The maximum Gasteiger partial charge on any atom is -0.0211 e. The molecule has 0 aromatic carbocycles. The third kappa shape index (κ3) is 1.95. The van der Waals surface area contributed by atoms with Crippen molar-refractivity contribution in [1.82, 2.24) is 0 Å². The van der Waals surface area contributed by atoms with Crippen molar-refractivity contribution in [2.45, 2.75) is 38.8 Å². The second-order valence-electron chi connectivity index (χ2n) is 3.79. The molecule has 1 heteroatoms. The average molecular weight is 158 g/mol. The molecule has 0 nitrogen and oxygen atoms in total. The van der Waals surface area contributed by atoms with Gasteiger partial charge in [-0.05, 0) is 37.0 Å². The molecular formula is C9H19P. The summed E-state index contributed by atoms with van der Waals surface area (Å²) < 4.78 is 0. The molecule has 1 saturated carbocycles. The number of hydrogen-bond acceptors (Lipinski definition) is 0. The van der Waals surface area contributed by atoms with E-state index in [0.29, 0.717) is 0 Å². The monoisotopic (exact) mass is 158 g/mol. The molecule has 0 aromatic rings. The Kier molecular flexibility index (Phi) is 3.17. The second kappa shape index (κ2) is 3.72. The maximum absolute atomic E-state index is 2.42. The van der Waals surface area contributed by atoms with Crippen LogP contribution in [0.4, 0.5) is 0 Å². The van der Waals surface area contributed by atoms with E-state index >= 15 is 0 Å². The molecule has 1 aliphatic rings. The van der Waals surface area contributed by atoms with Crippen molar-refractivity contribution in [3.8, 4) is 0 Å². The molecular weight excluding hydrogens is 139 g/mol. The Bertz CT molecular complexity index is 101. The lowest BCUT2D eigenvalue weighted by molar-refractivity contribution is 0.316. The summed E-state index contributed by atoms with van der Waals surface area (Å²) in [5.74, 6) is 2.02. The van der Waals surface area contributed by atoms with Gasteiger partial charge in [0.15, 0.2) is 0 Å². The molecule has 1 fully saturated rings. The van der Waals surface area contributed by atoms with E-state index in [2.05, 4.69) is 20.5 Å². The van der Waals surface area contributed by atoms with Gasteiger partial charge in [0.1, 0.15) is 0 Å². The molecule has 0 spiro atoms. The largest absolute Gasteiger partial charge is 0.122 e. The quantitative estimate of drug-likeness (QED) is 0.514. The first-order valence-corrected chi connectivity index (χ1v) is 5.99. The smallest absolute Gasteiger partial charge is 0.0211 e. The summed E-state index contributed by atoms with van der Waals surface area (Å²) >= 11 is 0. The van der Waals surface area contributed by atoms with Crippen LogP contribution in [0.2, 0.25) is 0 Å². The van der Waals surface area contributed by atoms with Gasteiger partial charge in [-0.1, -0.05) is 20.3 Å². The standard InChI is InChI=1S/C9H19P/c1-7-4-5-8(2)9(6-7)10-3/h7-10H,4-6H2,1-3H3. The second-order valence-corrected chi connectivity index (χ2v) is 5.11. The van der Waals surface area contributed by atoms with Gasteiger partial charge in [0.05, 0.1) is 0 Å². The van der Waals surface area contributed by atoms with Crippen LogP contribution in [0.25, 0.3) is 0 Å². The Morgan fingerprint density at radius 2 is 1.90 bits per heavy atom. The minimum atomic E-state index is 1.01. The van der Waals surface area contributed by atoms with Crippen LogP contribution in [0.15, 0.2) is 0 Å². The molecule has 4 atom stereocenters. The first-order chi connectivity index (χ1) is 4.74. The summed E-state index contributed by atoms with van der Waals surface area (Å²) in [6.45, 7) is 7.19. The molecule has 0 saturated heterocycles. The number of hydrogen-bond donors (Lipinski definition) is 0. The molecule has 0 aliphatic heterocycles. The van der Waals surface area contributed by atoms with E-state index < -0.39 is 0 Å². The molecule has 60 valence electrons. The molecule has 0 radical (unpaired) electrons. The Balaban J connectivity index is 2.38. The van der Waals surface area contributed by atoms with Gasteiger partial charge in [-0.25, -0.2) is 0 Å². The highest BCUT2D eigenvalue weighted by molar-refractivity contribution is 7.37. The van der Waals surface area contributed by atoms with Crippen molar-refractivity contribution in [3.05, 3.63) is 0 Å². The van der Waals surface area contributed by atoms with Gasteiger partial charge < -0.3 is 0 Å². The van der Waals surface area contributed by atoms with Crippen LogP contribution in [0.3, 0.4) is 0 Å². The van der Waals surface area contributed by atoms with Crippen LogP contribution in [-0.4, -0.2) is 12.3 Å². The third-order valence-corrected chi connectivity index (χ3v) is 4.38. The normalized spacial score (nSPS) is 42.9. The zero-order chi connectivity index (χ0) is 7.56. The first-order valence-electron chi connectivity index (χ1n) is 4.41. The highest BCUT2D eigenvalue weighted by Crippen LogP contribution is 2.37. The SMILES string of the molecule is CPC1CC(C)CCC1C. The molecule has 0 bridgehead atoms. The first kappa shape index (κ1) is 8.53. The predicted octanol–water partition coefficient (Wildman–Crippen LogP) is 3.12. The summed E-state index contributed by atoms with van der Waals surface area (Å²) in [6, 6.07) is 0. The topological polar surface area (TPSA) is 0 Å². The maximum atomic E-state index is 2.42. The van der Waals surface area contributed by atoms with E-state index in [9.17, 15) is 0 Å². The fourth-order valence-electron chi connectivity index (χ4n) is 1.93. The number of rotatable bonds is 1. The van der Waals surface area contributed by atoms with Gasteiger partial charge in [0.25, 0.3) is 0 Å². The minimum absolute atomic E-state index is 1.01. The summed E-state index contributed by atoms with van der Waals surface area (Å²) in [5.41, 5.74) is 1.06. The van der Waals surface area contributed by atoms with Gasteiger partial charge in [0.2, 0.25) is 0 Å². The van der Waals surface area contributed by atoms with Gasteiger partial charge in [-0.15, -0.1) is 8.58 Å². The summed E-state index contributed by atoms with van der Waals surface area (Å²) in [5, 5.41) is 0. The fraction of sp³-hybridized carbons (Fsp3) is 1.00. The minimum Gasteiger partial charge on any atom is -0.122 e. The zero-order valence-corrected chi connectivity index (χ0v) is 8.35. The van der Waals surface area contributed by atoms with Crippen LogP contribution in [0.5, 0.6) is 0 Å². The van der Waals surface area contributed by atoms with E-state index in [-0.39, 0.29) is 0 Å². The Labute approximate surface area is 66.6 Å². The van der Waals surface area contributed by atoms with Crippen molar-refractivity contribution in [2.24, 2.45) is 11.8 Å². The Morgan fingerprint density at radius 1 is 1.20 bits per heavy atom. The van der Waals surface area contributed by atoms with E-state index in [1.54, 1.807) is 0 Å². The summed E-state index contributed by atoms with van der Waals surface area (Å²) in [7, 11) is 1.17. The lowest BCUT2D eigenvalue weighted by Gasteiger charge is -2.31. The van der Waals surface area contributed by atoms with Gasteiger partial charge in [-0.3, -0.25) is 0 Å². The Hall–Kier alpha value is 0.430. The van der Waals surface area contributed by atoms with E-state index in [1.165, 1.54) is 27.8 Å². The molecule has 10 heavy (non-hydrogen) atoms. The van der Waals surface area contributed by atoms with Crippen molar-refractivity contribution < 1.29 is 0 Å².